The lowest BCUT2D eigenvalue weighted by Gasteiger charge is -2.07. The molecule has 0 amide bonds. The Hall–Kier alpha value is -0.600. The summed E-state index contributed by atoms with van der Waals surface area (Å²) in [4.78, 5) is 21.8. The lowest BCUT2D eigenvalue weighted by atomic mass is 10.4. The highest BCUT2D eigenvalue weighted by molar-refractivity contribution is 7.86. The molecule has 0 aromatic carbocycles. The molecule has 0 aliphatic carbocycles. The zero-order valence-corrected chi connectivity index (χ0v) is 19.9. The van der Waals surface area contributed by atoms with E-state index in [0.29, 0.717) is 0 Å². The smallest absolute Gasteiger partial charge is 0.323 e. The molecule has 0 saturated carbocycles. The quantitative estimate of drug-likeness (QED) is 0.0675. The fourth-order valence-corrected chi connectivity index (χ4v) is 2.45. The average Bonchev–Trinajstić information content (AvgIpc) is 2.67. The molecule has 0 radical (unpaired) electrons. The highest BCUT2D eigenvalue weighted by Crippen LogP contribution is 1.94. The molecule has 6 N–H and O–H groups in total. The molecule has 2 atom stereocenters. The van der Waals surface area contributed by atoms with Gasteiger partial charge in [-0.3, -0.25) is 18.7 Å². The number of hydrogen-bond donors (Lipinski definition) is 6. The summed E-state index contributed by atoms with van der Waals surface area (Å²) in [6, 6.07) is -1.60. The summed E-state index contributed by atoms with van der Waals surface area (Å²) in [7, 11) is -7.97. The predicted octanol–water partition coefficient (Wildman–Crippen LogP) is -2.21. The number of carbonyl (C=O) groups excluding carboxylic acids is 2. The molecule has 0 aromatic heterocycles. The van der Waals surface area contributed by atoms with E-state index in [9.17, 15) is 26.4 Å². The maximum atomic E-state index is 10.9. The number of esters is 2. The largest absolute Gasteiger partial charge is 0.464 e. The van der Waals surface area contributed by atoms with Gasteiger partial charge in [0.05, 0.1) is 24.7 Å². The van der Waals surface area contributed by atoms with Crippen molar-refractivity contribution in [2.24, 2.45) is 11.5 Å². The van der Waals surface area contributed by atoms with Gasteiger partial charge in [-0.15, -0.1) is 0 Å². The topological polar surface area (TPSA) is 230 Å². The number of nitrogens with two attached hydrogens (primary N) is 2. The van der Waals surface area contributed by atoms with Crippen molar-refractivity contribution in [2.45, 2.75) is 24.9 Å². The Morgan fingerprint density at radius 3 is 1.27 bits per heavy atom. The molecule has 0 aliphatic heterocycles. The Morgan fingerprint density at radius 2 is 1.07 bits per heavy atom. The highest BCUT2D eigenvalue weighted by Gasteiger charge is 2.14. The minimum atomic E-state index is -3.99. The summed E-state index contributed by atoms with van der Waals surface area (Å²) < 4.78 is 74.7. The minimum absolute atomic E-state index is 0.0455. The van der Waals surface area contributed by atoms with Gasteiger partial charge in [-0.2, -0.15) is 46.3 Å². The molecule has 180 valence electrons. The standard InChI is InChI=1S/2C6H13NO5S2.OS/c2*7-5(4-13)6(8)12-2-1-3-14(9,10)11;1-2/h2*5,13H,1-4,7H2,(H,9,10,11);/t2*5-;/m00./s1. The monoisotopic (exact) mass is 534 g/mol. The molecule has 0 heterocycles. The van der Waals surface area contributed by atoms with Crippen molar-refractivity contribution in [3.8, 4) is 0 Å². The minimum Gasteiger partial charge on any atom is -0.464 e. The second kappa shape index (κ2) is 19.1. The second-order valence-electron chi connectivity index (χ2n) is 5.19. The van der Waals surface area contributed by atoms with Crippen molar-refractivity contribution >= 4 is 70.0 Å². The third-order valence-electron chi connectivity index (χ3n) is 2.58. The van der Waals surface area contributed by atoms with Crippen LogP contribution in [0.4, 0.5) is 0 Å². The van der Waals surface area contributed by atoms with E-state index in [1.807, 2.05) is 0 Å². The summed E-state index contributed by atoms with van der Waals surface area (Å²) >= 11 is 10.4. The van der Waals surface area contributed by atoms with Crippen molar-refractivity contribution in [2.75, 3.05) is 36.2 Å². The van der Waals surface area contributed by atoms with E-state index in [2.05, 4.69) is 47.3 Å². The van der Waals surface area contributed by atoms with Crippen LogP contribution in [0.15, 0.2) is 0 Å². The van der Waals surface area contributed by atoms with E-state index in [4.69, 9.17) is 24.8 Å². The van der Waals surface area contributed by atoms with E-state index in [1.54, 1.807) is 0 Å². The molecule has 18 heteroatoms. The first kappa shape index (κ1) is 34.0. The molecule has 0 unspecified atom stereocenters. The van der Waals surface area contributed by atoms with Crippen LogP contribution in [0.3, 0.4) is 0 Å². The van der Waals surface area contributed by atoms with Crippen LogP contribution in [0.25, 0.3) is 0 Å². The van der Waals surface area contributed by atoms with Gasteiger partial charge < -0.3 is 20.9 Å². The summed E-state index contributed by atoms with van der Waals surface area (Å²) in [6.07, 6.45) is 0.0910. The summed E-state index contributed by atoms with van der Waals surface area (Å²) in [5.41, 5.74) is 10.5. The maximum Gasteiger partial charge on any atom is 0.323 e. The predicted molar refractivity (Wildman–Crippen MR) is 116 cm³/mol. The van der Waals surface area contributed by atoms with E-state index in [-0.39, 0.29) is 37.6 Å². The van der Waals surface area contributed by atoms with Gasteiger partial charge in [0.25, 0.3) is 20.2 Å². The molecule has 0 aromatic rings. The van der Waals surface area contributed by atoms with Gasteiger partial charge in [0.2, 0.25) is 0 Å². The molecule has 30 heavy (non-hydrogen) atoms. The number of rotatable bonds is 12. The number of ether oxygens (including phenoxy) is 2. The summed E-state index contributed by atoms with van der Waals surface area (Å²) in [5, 5.41) is 0. The van der Waals surface area contributed by atoms with Crippen LogP contribution in [0, 0.1) is 0 Å². The first-order chi connectivity index (χ1) is 13.7. The van der Waals surface area contributed by atoms with Crippen LogP contribution in [0.2, 0.25) is 0 Å². The Labute approximate surface area is 191 Å². The third kappa shape index (κ3) is 25.4. The van der Waals surface area contributed by atoms with Gasteiger partial charge in [0, 0.05) is 11.5 Å². The summed E-state index contributed by atoms with van der Waals surface area (Å²) in [6.45, 7) is -0.166. The zero-order chi connectivity index (χ0) is 24.4. The Kier molecular flexibility index (Phi) is 21.7. The highest BCUT2D eigenvalue weighted by atomic mass is 32.2. The molecular weight excluding hydrogens is 508 g/mol. The van der Waals surface area contributed by atoms with Gasteiger partial charge >= 0.3 is 11.9 Å². The number of thiol groups is 2. The van der Waals surface area contributed by atoms with E-state index >= 15 is 0 Å². The first-order valence-corrected chi connectivity index (χ1v) is 12.7. The van der Waals surface area contributed by atoms with Crippen LogP contribution in [0.5, 0.6) is 0 Å². The molecule has 0 spiro atoms. The lowest BCUT2D eigenvalue weighted by molar-refractivity contribution is -0.145. The first-order valence-electron chi connectivity index (χ1n) is 7.86. The molecule has 0 bridgehead atoms. The van der Waals surface area contributed by atoms with Gasteiger partial charge in [-0.1, -0.05) is 0 Å². The number of carbonyl (C=O) groups is 2. The van der Waals surface area contributed by atoms with Crippen LogP contribution >= 0.6 is 25.3 Å². The fourth-order valence-electron chi connectivity index (χ4n) is 1.19. The van der Waals surface area contributed by atoms with Gasteiger partial charge in [-0.05, 0) is 12.8 Å². The molecule has 0 saturated heterocycles. The van der Waals surface area contributed by atoms with Crippen LogP contribution < -0.4 is 11.5 Å². The van der Waals surface area contributed by atoms with Gasteiger partial charge in [0.15, 0.2) is 12.5 Å². The lowest BCUT2D eigenvalue weighted by Crippen LogP contribution is -2.34. The van der Waals surface area contributed by atoms with Crippen molar-refractivity contribution in [1.82, 2.24) is 0 Å². The van der Waals surface area contributed by atoms with Crippen molar-refractivity contribution in [1.29, 1.82) is 0 Å². The van der Waals surface area contributed by atoms with Crippen LogP contribution in [-0.4, -0.2) is 90.4 Å². The number of hydrogen-bond acceptors (Lipinski definition) is 14. The van der Waals surface area contributed by atoms with Crippen molar-refractivity contribution < 1.29 is 49.2 Å². The Morgan fingerprint density at radius 1 is 0.800 bits per heavy atom. The van der Waals surface area contributed by atoms with Crippen molar-refractivity contribution in [3.05, 3.63) is 0 Å². The van der Waals surface area contributed by atoms with E-state index < -0.39 is 55.8 Å². The third-order valence-corrected chi connectivity index (χ3v) is 4.98. The molecule has 0 rings (SSSR count). The van der Waals surface area contributed by atoms with E-state index in [0.717, 1.165) is 0 Å². The average molecular weight is 535 g/mol. The van der Waals surface area contributed by atoms with Gasteiger partial charge in [-0.25, -0.2) is 0 Å². The van der Waals surface area contributed by atoms with E-state index in [1.165, 1.54) is 0 Å². The molecule has 0 aliphatic rings. The van der Waals surface area contributed by atoms with Gasteiger partial charge in [0.1, 0.15) is 12.1 Å². The van der Waals surface area contributed by atoms with Crippen LogP contribution in [0.1, 0.15) is 12.8 Å². The summed E-state index contributed by atoms with van der Waals surface area (Å²) in [5.74, 6) is -1.80. The fraction of sp³-hybridized carbons (Fsp3) is 0.833. The molecule has 0 fully saturated rings. The Balaban J connectivity index is -0.000000448. The molecular formula is C12H26N2O11S5. The SMILES string of the molecule is N[C@@H](CS)C(=O)OCCCS(=O)(=O)O.N[C@@H](CS)C(=O)OCCCS(=O)(=O)O.O=S. The van der Waals surface area contributed by atoms with Crippen LogP contribution in [-0.2, 0) is 51.8 Å². The zero-order valence-electron chi connectivity index (χ0n) is 15.7. The maximum absolute atomic E-state index is 10.9. The van der Waals surface area contributed by atoms with Crippen molar-refractivity contribution in [3.63, 3.8) is 0 Å². The molecule has 13 nitrogen and oxygen atoms in total. The Bertz CT molecular complexity index is 629. The normalized spacial score (nSPS) is 12.9. The second-order valence-corrected chi connectivity index (χ2v) is 9.07.